The van der Waals surface area contributed by atoms with Crippen LogP contribution >= 0.6 is 0 Å². The monoisotopic (exact) mass is 256 g/mol. The topological polar surface area (TPSA) is 44.1 Å². The number of imidazole rings is 1. The smallest absolute Gasteiger partial charge is 0.228 e. The molecule has 4 nitrogen and oxygen atoms in total. The quantitative estimate of drug-likeness (QED) is 0.789. The van der Waals surface area contributed by atoms with Crippen LogP contribution in [0.5, 0.6) is 5.75 Å². The third kappa shape index (κ3) is 2.14. The van der Waals surface area contributed by atoms with Gasteiger partial charge in [-0.25, -0.2) is 4.98 Å². The van der Waals surface area contributed by atoms with Crippen LogP contribution in [0.2, 0.25) is 0 Å². The molecule has 0 amide bonds. The number of benzene rings is 1. The van der Waals surface area contributed by atoms with E-state index in [0.29, 0.717) is 18.0 Å². The molecular weight excluding hydrogens is 240 g/mol. The summed E-state index contributed by atoms with van der Waals surface area (Å²) >= 11 is 0. The van der Waals surface area contributed by atoms with Gasteiger partial charge in [-0.15, -0.1) is 0 Å². The summed E-state index contributed by atoms with van der Waals surface area (Å²) in [5, 5.41) is 0. The summed E-state index contributed by atoms with van der Waals surface area (Å²) in [6, 6.07) is 5.62. The van der Waals surface area contributed by atoms with E-state index in [1.807, 2.05) is 29.0 Å². The third-order valence-electron chi connectivity index (χ3n) is 3.33. The number of nitrogens with zero attached hydrogens (tertiary/aromatic N) is 2. The Hall–Kier alpha value is -2.10. The van der Waals surface area contributed by atoms with Crippen LogP contribution in [0.1, 0.15) is 35.1 Å². The van der Waals surface area contributed by atoms with Crippen molar-refractivity contribution in [1.82, 2.24) is 9.55 Å². The molecule has 3 rings (SSSR count). The molecule has 0 bridgehead atoms. The van der Waals surface area contributed by atoms with Crippen LogP contribution in [-0.2, 0) is 13.0 Å². The molecule has 98 valence electrons. The van der Waals surface area contributed by atoms with Gasteiger partial charge >= 0.3 is 0 Å². The maximum atomic E-state index is 12.5. The predicted molar refractivity (Wildman–Crippen MR) is 71.6 cm³/mol. The lowest BCUT2D eigenvalue weighted by atomic mass is 10.1. The molecule has 0 atom stereocenters. The van der Waals surface area contributed by atoms with E-state index in [0.717, 1.165) is 30.7 Å². The lowest BCUT2D eigenvalue weighted by Crippen LogP contribution is -2.11. The van der Waals surface area contributed by atoms with Crippen molar-refractivity contribution in [1.29, 1.82) is 0 Å². The van der Waals surface area contributed by atoms with Gasteiger partial charge in [-0.05, 0) is 30.2 Å². The van der Waals surface area contributed by atoms with E-state index in [2.05, 4.69) is 11.9 Å². The fourth-order valence-corrected chi connectivity index (χ4v) is 2.40. The molecule has 19 heavy (non-hydrogen) atoms. The van der Waals surface area contributed by atoms with E-state index >= 15 is 0 Å². The molecule has 0 aliphatic carbocycles. The fraction of sp³-hybridized carbons (Fsp3) is 0.333. The van der Waals surface area contributed by atoms with Gasteiger partial charge in [-0.1, -0.05) is 6.92 Å². The van der Waals surface area contributed by atoms with Gasteiger partial charge in [0.15, 0.2) is 5.82 Å². The Balaban J connectivity index is 1.93. The first-order chi connectivity index (χ1) is 9.29. The standard InChI is InChI=1S/C15H16N2O2/c1-2-7-17-8-6-16-15(17)14(18)12-3-4-13-11(10-12)5-9-19-13/h3-4,6,8,10H,2,5,7,9H2,1H3. The first-order valence-corrected chi connectivity index (χ1v) is 6.61. The van der Waals surface area contributed by atoms with Crippen molar-refractivity contribution in [3.05, 3.63) is 47.5 Å². The van der Waals surface area contributed by atoms with E-state index in [9.17, 15) is 4.79 Å². The average molecular weight is 256 g/mol. The summed E-state index contributed by atoms with van der Waals surface area (Å²) in [5.41, 5.74) is 1.80. The highest BCUT2D eigenvalue weighted by molar-refractivity contribution is 6.06. The molecule has 1 aromatic heterocycles. The number of aromatic nitrogens is 2. The lowest BCUT2D eigenvalue weighted by molar-refractivity contribution is 0.102. The SMILES string of the molecule is CCCn1ccnc1C(=O)c1ccc2c(c1)CCO2. The number of carbonyl (C=O) groups excluding carboxylic acids is 1. The molecule has 0 saturated heterocycles. The number of rotatable bonds is 4. The van der Waals surface area contributed by atoms with Crippen LogP contribution in [0.3, 0.4) is 0 Å². The van der Waals surface area contributed by atoms with E-state index in [1.165, 1.54) is 0 Å². The summed E-state index contributed by atoms with van der Waals surface area (Å²) < 4.78 is 7.36. The number of carbonyl (C=O) groups is 1. The van der Waals surface area contributed by atoms with Gasteiger partial charge in [-0.2, -0.15) is 0 Å². The van der Waals surface area contributed by atoms with Gasteiger partial charge in [-0.3, -0.25) is 4.79 Å². The Kier molecular flexibility index (Phi) is 3.07. The minimum atomic E-state index is -0.0202. The molecule has 0 radical (unpaired) electrons. The van der Waals surface area contributed by atoms with Gasteiger partial charge in [0.25, 0.3) is 0 Å². The zero-order valence-electron chi connectivity index (χ0n) is 10.9. The molecular formula is C15H16N2O2. The molecule has 1 aliphatic heterocycles. The number of hydrogen-bond donors (Lipinski definition) is 0. The van der Waals surface area contributed by atoms with Crippen molar-refractivity contribution in [2.75, 3.05) is 6.61 Å². The summed E-state index contributed by atoms with van der Waals surface area (Å²) in [5.74, 6) is 1.39. The molecule has 0 fully saturated rings. The summed E-state index contributed by atoms with van der Waals surface area (Å²) in [7, 11) is 0. The second-order valence-electron chi connectivity index (χ2n) is 4.69. The van der Waals surface area contributed by atoms with Crippen LogP contribution in [0.15, 0.2) is 30.6 Å². The predicted octanol–water partition coefficient (Wildman–Crippen LogP) is 2.46. The molecule has 0 spiro atoms. The van der Waals surface area contributed by atoms with Crippen molar-refractivity contribution in [2.24, 2.45) is 0 Å². The minimum Gasteiger partial charge on any atom is -0.493 e. The molecule has 4 heteroatoms. The average Bonchev–Trinajstić information content (AvgIpc) is 3.05. The maximum absolute atomic E-state index is 12.5. The summed E-state index contributed by atoms with van der Waals surface area (Å²) in [6.45, 7) is 3.60. The van der Waals surface area contributed by atoms with E-state index in [4.69, 9.17) is 4.74 Å². The van der Waals surface area contributed by atoms with Crippen molar-refractivity contribution in [2.45, 2.75) is 26.3 Å². The second-order valence-corrected chi connectivity index (χ2v) is 4.69. The number of ether oxygens (including phenoxy) is 1. The van der Waals surface area contributed by atoms with E-state index in [1.54, 1.807) is 6.20 Å². The Morgan fingerprint density at radius 3 is 3.21 bits per heavy atom. The van der Waals surface area contributed by atoms with Crippen LogP contribution in [0, 0.1) is 0 Å². The molecule has 2 heterocycles. The Labute approximate surface area is 112 Å². The number of hydrogen-bond acceptors (Lipinski definition) is 3. The van der Waals surface area contributed by atoms with Crippen LogP contribution in [-0.4, -0.2) is 21.9 Å². The number of fused-ring (bicyclic) bond motifs is 1. The summed E-state index contributed by atoms with van der Waals surface area (Å²) in [6.07, 6.45) is 5.39. The van der Waals surface area contributed by atoms with E-state index < -0.39 is 0 Å². The van der Waals surface area contributed by atoms with Crippen molar-refractivity contribution < 1.29 is 9.53 Å². The normalized spacial score (nSPS) is 13.1. The molecule has 0 saturated carbocycles. The third-order valence-corrected chi connectivity index (χ3v) is 3.33. The largest absolute Gasteiger partial charge is 0.493 e. The Morgan fingerprint density at radius 2 is 2.37 bits per heavy atom. The van der Waals surface area contributed by atoms with Gasteiger partial charge in [0.1, 0.15) is 5.75 Å². The minimum absolute atomic E-state index is 0.0202. The van der Waals surface area contributed by atoms with Gasteiger partial charge < -0.3 is 9.30 Å². The van der Waals surface area contributed by atoms with Crippen LogP contribution in [0.4, 0.5) is 0 Å². The Morgan fingerprint density at radius 1 is 1.47 bits per heavy atom. The first kappa shape index (κ1) is 12.0. The molecule has 0 unspecified atom stereocenters. The second kappa shape index (κ2) is 4.88. The highest BCUT2D eigenvalue weighted by Gasteiger charge is 2.18. The van der Waals surface area contributed by atoms with Crippen molar-refractivity contribution in [3.8, 4) is 5.75 Å². The van der Waals surface area contributed by atoms with Crippen molar-refractivity contribution >= 4 is 5.78 Å². The molecule has 1 aromatic carbocycles. The van der Waals surface area contributed by atoms with Gasteiger partial charge in [0, 0.05) is 30.9 Å². The summed E-state index contributed by atoms with van der Waals surface area (Å²) in [4.78, 5) is 16.7. The fourth-order valence-electron chi connectivity index (χ4n) is 2.40. The number of ketones is 1. The van der Waals surface area contributed by atoms with Crippen molar-refractivity contribution in [3.63, 3.8) is 0 Å². The molecule has 0 N–H and O–H groups in total. The molecule has 2 aromatic rings. The van der Waals surface area contributed by atoms with Crippen LogP contribution < -0.4 is 4.74 Å². The first-order valence-electron chi connectivity index (χ1n) is 6.61. The Bertz CT molecular complexity index is 616. The maximum Gasteiger partial charge on any atom is 0.228 e. The highest BCUT2D eigenvalue weighted by atomic mass is 16.5. The zero-order valence-corrected chi connectivity index (χ0v) is 10.9. The number of aryl methyl sites for hydroxylation is 1. The van der Waals surface area contributed by atoms with Crippen LogP contribution in [0.25, 0.3) is 0 Å². The highest BCUT2D eigenvalue weighted by Crippen LogP contribution is 2.26. The lowest BCUT2D eigenvalue weighted by Gasteiger charge is -2.06. The molecule has 1 aliphatic rings. The van der Waals surface area contributed by atoms with E-state index in [-0.39, 0.29) is 5.78 Å². The van der Waals surface area contributed by atoms with Gasteiger partial charge in [0.2, 0.25) is 5.78 Å². The van der Waals surface area contributed by atoms with Gasteiger partial charge in [0.05, 0.1) is 6.61 Å². The zero-order chi connectivity index (χ0) is 13.2.